The first kappa shape index (κ1) is 11.8. The van der Waals surface area contributed by atoms with Gasteiger partial charge in [0.05, 0.1) is 12.7 Å². The van der Waals surface area contributed by atoms with Gasteiger partial charge in [0, 0.05) is 10.0 Å². The lowest BCUT2D eigenvalue weighted by Gasteiger charge is -2.14. The molecule has 0 saturated carbocycles. The molecule has 1 amide bonds. The Morgan fingerprint density at radius 2 is 1.93 bits per heavy atom. The van der Waals surface area contributed by atoms with Crippen LogP contribution in [0.25, 0.3) is 0 Å². The average molecular weight is 274 g/mol. The van der Waals surface area contributed by atoms with E-state index in [4.69, 9.17) is 10.5 Å². The molecule has 0 radical (unpaired) electrons. The number of ether oxygens (including phenoxy) is 1. The van der Waals surface area contributed by atoms with Gasteiger partial charge in [-0.2, -0.15) is 0 Å². The maximum atomic E-state index is 11.2. The third-order valence-electron chi connectivity index (χ3n) is 2.28. The Morgan fingerprint density at radius 3 is 2.33 bits per heavy atom. The molecule has 1 aromatic rings. The van der Waals surface area contributed by atoms with E-state index in [-0.39, 0.29) is 17.1 Å². The molecule has 0 aromatic heterocycles. The minimum Gasteiger partial charge on any atom is -0.504 e. The molecule has 1 rings (SSSR count). The van der Waals surface area contributed by atoms with Crippen LogP contribution in [-0.2, 0) is 0 Å². The van der Waals surface area contributed by atoms with Crippen molar-refractivity contribution < 1.29 is 14.6 Å². The van der Waals surface area contributed by atoms with Crippen molar-refractivity contribution in [3.05, 3.63) is 21.2 Å². The third-order valence-corrected chi connectivity index (χ3v) is 3.47. The lowest BCUT2D eigenvalue weighted by molar-refractivity contribution is 0.0996. The minimum atomic E-state index is -0.677. The van der Waals surface area contributed by atoms with Crippen LogP contribution in [0.15, 0.2) is 4.47 Å². The second-order valence-electron chi connectivity index (χ2n) is 3.19. The van der Waals surface area contributed by atoms with Crippen molar-refractivity contribution in [2.24, 2.45) is 5.73 Å². The van der Waals surface area contributed by atoms with E-state index in [0.717, 1.165) is 5.56 Å². The van der Waals surface area contributed by atoms with Gasteiger partial charge >= 0.3 is 0 Å². The first-order valence-electron chi connectivity index (χ1n) is 4.27. The Hall–Kier alpha value is -1.23. The van der Waals surface area contributed by atoms with E-state index < -0.39 is 5.91 Å². The second kappa shape index (κ2) is 4.10. The van der Waals surface area contributed by atoms with Crippen molar-refractivity contribution in [1.29, 1.82) is 0 Å². The summed E-state index contributed by atoms with van der Waals surface area (Å²) in [6.45, 7) is 3.48. The Bertz CT molecular complexity index is 429. The van der Waals surface area contributed by atoms with E-state index in [1.807, 2.05) is 0 Å². The number of carbonyl (C=O) groups is 1. The highest BCUT2D eigenvalue weighted by molar-refractivity contribution is 9.10. The van der Waals surface area contributed by atoms with E-state index in [9.17, 15) is 9.90 Å². The van der Waals surface area contributed by atoms with Crippen molar-refractivity contribution >= 4 is 21.8 Å². The molecule has 15 heavy (non-hydrogen) atoms. The predicted octanol–water partition coefficient (Wildman–Crippen LogP) is 1.88. The number of halogens is 1. The maximum absolute atomic E-state index is 11.2. The number of benzene rings is 1. The Morgan fingerprint density at radius 1 is 1.40 bits per heavy atom. The molecule has 0 fully saturated rings. The van der Waals surface area contributed by atoms with Gasteiger partial charge in [0.25, 0.3) is 5.91 Å². The summed E-state index contributed by atoms with van der Waals surface area (Å²) in [6, 6.07) is 0. The van der Waals surface area contributed by atoms with Crippen molar-refractivity contribution in [1.82, 2.24) is 0 Å². The van der Waals surface area contributed by atoms with Crippen molar-refractivity contribution in [3.63, 3.8) is 0 Å². The summed E-state index contributed by atoms with van der Waals surface area (Å²) in [5.41, 5.74) is 6.61. The molecule has 0 saturated heterocycles. The summed E-state index contributed by atoms with van der Waals surface area (Å²) in [7, 11) is 1.43. The number of amides is 1. The molecule has 4 nitrogen and oxygen atoms in total. The number of rotatable bonds is 2. The number of aromatic hydroxyl groups is 1. The van der Waals surface area contributed by atoms with E-state index in [1.165, 1.54) is 7.11 Å². The van der Waals surface area contributed by atoms with E-state index in [2.05, 4.69) is 15.9 Å². The molecule has 0 atom stereocenters. The van der Waals surface area contributed by atoms with Crippen molar-refractivity contribution in [2.45, 2.75) is 13.8 Å². The number of carbonyl (C=O) groups excluding carboxylic acids is 1. The van der Waals surface area contributed by atoms with E-state index >= 15 is 0 Å². The smallest absolute Gasteiger partial charge is 0.252 e. The molecular weight excluding hydrogens is 262 g/mol. The molecule has 3 N–H and O–H groups in total. The highest BCUT2D eigenvalue weighted by Gasteiger charge is 2.21. The molecular formula is C10H12BrNO3. The summed E-state index contributed by atoms with van der Waals surface area (Å²) >= 11 is 3.33. The van der Waals surface area contributed by atoms with Crippen molar-refractivity contribution in [3.8, 4) is 11.5 Å². The standard InChI is InChI=1S/C10H12BrNO3/c1-4-6(10(12)14)8(13)9(15-3)5(2)7(4)11/h13H,1-3H3,(H2,12,14). The predicted molar refractivity (Wildman–Crippen MR) is 60.4 cm³/mol. The monoisotopic (exact) mass is 273 g/mol. The van der Waals surface area contributed by atoms with E-state index in [0.29, 0.717) is 10.0 Å². The summed E-state index contributed by atoms with van der Waals surface area (Å²) in [5.74, 6) is -0.617. The van der Waals surface area contributed by atoms with Crippen LogP contribution < -0.4 is 10.5 Å². The molecule has 0 heterocycles. The maximum Gasteiger partial charge on any atom is 0.252 e. The zero-order valence-electron chi connectivity index (χ0n) is 8.72. The SMILES string of the molecule is COc1c(C)c(Br)c(C)c(C(N)=O)c1O. The Balaban J connectivity index is 3.68. The van der Waals surface area contributed by atoms with Crippen LogP contribution in [0.2, 0.25) is 0 Å². The topological polar surface area (TPSA) is 72.5 Å². The van der Waals surface area contributed by atoms with Gasteiger partial charge in [0.2, 0.25) is 0 Å². The third kappa shape index (κ3) is 1.79. The largest absolute Gasteiger partial charge is 0.504 e. The zero-order chi connectivity index (χ0) is 11.7. The van der Waals surface area contributed by atoms with Gasteiger partial charge in [-0.1, -0.05) is 15.9 Å². The fourth-order valence-corrected chi connectivity index (χ4v) is 1.89. The Labute approximate surface area is 96.2 Å². The van der Waals surface area contributed by atoms with Gasteiger partial charge in [-0.15, -0.1) is 0 Å². The normalized spacial score (nSPS) is 10.1. The van der Waals surface area contributed by atoms with E-state index in [1.54, 1.807) is 13.8 Å². The lowest BCUT2D eigenvalue weighted by atomic mass is 10.0. The summed E-state index contributed by atoms with van der Waals surface area (Å²) in [4.78, 5) is 11.2. The number of phenols is 1. The molecule has 0 aliphatic carbocycles. The van der Waals surface area contributed by atoms with Gasteiger partial charge in [0.1, 0.15) is 0 Å². The van der Waals surface area contributed by atoms with Gasteiger partial charge < -0.3 is 15.6 Å². The van der Waals surface area contributed by atoms with Gasteiger partial charge in [-0.05, 0) is 19.4 Å². The molecule has 5 heteroatoms. The molecule has 1 aromatic carbocycles. The number of hydrogen-bond donors (Lipinski definition) is 2. The molecule has 0 spiro atoms. The molecule has 0 aliphatic rings. The highest BCUT2D eigenvalue weighted by Crippen LogP contribution is 2.40. The first-order valence-corrected chi connectivity index (χ1v) is 5.06. The molecule has 82 valence electrons. The Kier molecular flexibility index (Phi) is 3.24. The number of nitrogens with two attached hydrogens (primary N) is 1. The second-order valence-corrected chi connectivity index (χ2v) is 3.98. The van der Waals surface area contributed by atoms with Gasteiger partial charge in [0.15, 0.2) is 11.5 Å². The van der Waals surface area contributed by atoms with Crippen LogP contribution in [0.5, 0.6) is 11.5 Å². The van der Waals surface area contributed by atoms with Crippen LogP contribution in [0.1, 0.15) is 21.5 Å². The van der Waals surface area contributed by atoms with Crippen molar-refractivity contribution in [2.75, 3.05) is 7.11 Å². The fourth-order valence-electron chi connectivity index (χ4n) is 1.51. The highest BCUT2D eigenvalue weighted by atomic mass is 79.9. The van der Waals surface area contributed by atoms with Gasteiger partial charge in [-0.3, -0.25) is 4.79 Å². The average Bonchev–Trinajstić information content (AvgIpc) is 2.15. The van der Waals surface area contributed by atoms with Crippen LogP contribution in [0.4, 0.5) is 0 Å². The fraction of sp³-hybridized carbons (Fsp3) is 0.300. The minimum absolute atomic E-state index is 0.0873. The number of hydrogen-bond acceptors (Lipinski definition) is 3. The summed E-state index contributed by atoms with van der Waals surface area (Å²) in [5, 5.41) is 9.80. The first-order chi connectivity index (χ1) is 6.91. The van der Waals surface area contributed by atoms with Crippen LogP contribution >= 0.6 is 15.9 Å². The zero-order valence-corrected chi connectivity index (χ0v) is 10.3. The molecule has 0 aliphatic heterocycles. The van der Waals surface area contributed by atoms with Crippen LogP contribution in [0, 0.1) is 13.8 Å². The summed E-state index contributed by atoms with van der Waals surface area (Å²) < 4.78 is 5.73. The summed E-state index contributed by atoms with van der Waals surface area (Å²) in [6.07, 6.45) is 0. The number of primary amides is 1. The molecule has 0 bridgehead atoms. The quantitative estimate of drug-likeness (QED) is 0.864. The number of methoxy groups -OCH3 is 1. The molecule has 0 unspecified atom stereocenters. The van der Waals surface area contributed by atoms with Crippen LogP contribution in [-0.4, -0.2) is 18.1 Å². The van der Waals surface area contributed by atoms with Crippen LogP contribution in [0.3, 0.4) is 0 Å². The van der Waals surface area contributed by atoms with Gasteiger partial charge in [-0.25, -0.2) is 0 Å². The lowest BCUT2D eigenvalue weighted by Crippen LogP contribution is -2.14.